The number of aromatic nitrogens is 2. The van der Waals surface area contributed by atoms with Crippen LogP contribution in [0.2, 0.25) is 5.02 Å². The van der Waals surface area contributed by atoms with Gasteiger partial charge in [0.1, 0.15) is 22.7 Å². The van der Waals surface area contributed by atoms with Gasteiger partial charge in [-0.15, -0.1) is 0 Å². The number of benzene rings is 2. The van der Waals surface area contributed by atoms with Gasteiger partial charge >= 0.3 is 0 Å². The van der Waals surface area contributed by atoms with E-state index >= 15 is 0 Å². The fraction of sp³-hybridized carbons (Fsp3) is 0.379. The van der Waals surface area contributed by atoms with E-state index in [1.54, 1.807) is 25.1 Å². The topological polar surface area (TPSA) is 96.9 Å². The third kappa shape index (κ3) is 6.55. The summed E-state index contributed by atoms with van der Waals surface area (Å²) in [6, 6.07) is 7.86. The van der Waals surface area contributed by atoms with Gasteiger partial charge in [0.05, 0.1) is 11.8 Å². The second-order valence-corrected chi connectivity index (χ2v) is 11.1. The molecule has 222 valence electrons. The highest BCUT2D eigenvalue weighted by atomic mass is 35.5. The number of rotatable bonds is 7. The maximum Gasteiger partial charge on any atom is 0.255 e. The van der Waals surface area contributed by atoms with Gasteiger partial charge in [-0.25, -0.2) is 13.8 Å². The Bertz CT molecular complexity index is 1460. The van der Waals surface area contributed by atoms with Gasteiger partial charge in [-0.3, -0.25) is 9.59 Å². The van der Waals surface area contributed by atoms with Gasteiger partial charge in [-0.2, -0.15) is 4.98 Å². The first-order valence-corrected chi connectivity index (χ1v) is 14.1. The minimum absolute atomic E-state index is 0.0804. The lowest BCUT2D eigenvalue weighted by Crippen LogP contribution is -2.45. The summed E-state index contributed by atoms with van der Waals surface area (Å²) >= 11 is 6.45. The first-order chi connectivity index (χ1) is 20.1. The zero-order chi connectivity index (χ0) is 30.0. The van der Waals surface area contributed by atoms with Crippen LogP contribution < -0.4 is 20.4 Å². The standard InChI is InChI=1S/C29H33ClF2N8O2/c1-37(2)28(42)22-16-20(6-7-24(22)39-11-9-38(3)10-12-39)34-27(41)25-5-4-8-40(25)26-23(30)17-33-29(36-26)35-21-14-18(31)13-19(32)15-21/h6-7,13-17,25H,4-5,8-12H2,1-3H3,(H,34,41)(H,33,35,36)/t25-/m0/s1. The van der Waals surface area contributed by atoms with Crippen molar-refractivity contribution in [1.82, 2.24) is 19.8 Å². The van der Waals surface area contributed by atoms with Crippen molar-refractivity contribution in [2.45, 2.75) is 18.9 Å². The molecule has 5 rings (SSSR count). The molecule has 2 saturated heterocycles. The van der Waals surface area contributed by atoms with Crippen LogP contribution in [0.4, 0.5) is 37.6 Å². The van der Waals surface area contributed by atoms with Gasteiger partial charge < -0.3 is 30.2 Å². The van der Waals surface area contributed by atoms with E-state index in [0.717, 1.165) is 56.5 Å². The lowest BCUT2D eigenvalue weighted by Gasteiger charge is -2.35. The van der Waals surface area contributed by atoms with Crippen LogP contribution in [-0.2, 0) is 4.79 Å². The molecular formula is C29H33ClF2N8O2. The second-order valence-electron chi connectivity index (χ2n) is 10.7. The molecule has 3 aromatic rings. The van der Waals surface area contributed by atoms with Crippen LogP contribution in [0.1, 0.15) is 23.2 Å². The number of hydrogen-bond donors (Lipinski definition) is 2. The van der Waals surface area contributed by atoms with Gasteiger partial charge in [0.15, 0.2) is 5.82 Å². The van der Waals surface area contributed by atoms with Crippen molar-refractivity contribution in [3.05, 3.63) is 64.8 Å². The lowest BCUT2D eigenvalue weighted by atomic mass is 10.1. The molecule has 0 aliphatic carbocycles. The second kappa shape index (κ2) is 12.5. The van der Waals surface area contributed by atoms with Crippen LogP contribution in [0, 0.1) is 11.6 Å². The minimum Gasteiger partial charge on any atom is -0.368 e. The zero-order valence-corrected chi connectivity index (χ0v) is 24.5. The molecule has 1 atom stereocenters. The van der Waals surface area contributed by atoms with Crippen molar-refractivity contribution in [2.75, 3.05) is 74.3 Å². The molecular weight excluding hydrogens is 566 g/mol. The van der Waals surface area contributed by atoms with E-state index < -0.39 is 17.7 Å². The van der Waals surface area contributed by atoms with Gasteiger partial charge in [0, 0.05) is 69.9 Å². The molecule has 0 unspecified atom stereocenters. The Labute approximate surface area is 248 Å². The Morgan fingerprint density at radius 3 is 2.40 bits per heavy atom. The van der Waals surface area contributed by atoms with Gasteiger partial charge in [-0.05, 0) is 50.2 Å². The van der Waals surface area contributed by atoms with E-state index in [2.05, 4.69) is 37.4 Å². The van der Waals surface area contributed by atoms with Crippen LogP contribution in [0.3, 0.4) is 0 Å². The van der Waals surface area contributed by atoms with Crippen molar-refractivity contribution < 1.29 is 18.4 Å². The molecule has 42 heavy (non-hydrogen) atoms. The Balaban J connectivity index is 1.36. The highest BCUT2D eigenvalue weighted by Crippen LogP contribution is 2.32. The smallest absolute Gasteiger partial charge is 0.255 e. The summed E-state index contributed by atoms with van der Waals surface area (Å²) in [6.07, 6.45) is 2.67. The van der Waals surface area contributed by atoms with E-state index in [9.17, 15) is 18.4 Å². The number of amides is 2. The lowest BCUT2D eigenvalue weighted by molar-refractivity contribution is -0.117. The third-order valence-corrected chi connectivity index (χ3v) is 7.68. The van der Waals surface area contributed by atoms with E-state index in [1.165, 1.54) is 11.1 Å². The maximum atomic E-state index is 13.7. The largest absolute Gasteiger partial charge is 0.368 e. The van der Waals surface area contributed by atoms with Crippen molar-refractivity contribution in [2.24, 2.45) is 0 Å². The molecule has 2 aliphatic rings. The number of anilines is 5. The Morgan fingerprint density at radius 1 is 1.00 bits per heavy atom. The molecule has 0 bridgehead atoms. The fourth-order valence-corrected chi connectivity index (χ4v) is 5.44. The van der Waals surface area contributed by atoms with Crippen LogP contribution >= 0.6 is 11.6 Å². The van der Waals surface area contributed by atoms with Gasteiger partial charge in [-0.1, -0.05) is 11.6 Å². The highest BCUT2D eigenvalue weighted by molar-refractivity contribution is 6.33. The van der Waals surface area contributed by atoms with E-state index in [4.69, 9.17) is 11.6 Å². The first kappa shape index (κ1) is 29.5. The van der Waals surface area contributed by atoms with Crippen LogP contribution in [-0.4, -0.2) is 91.5 Å². The zero-order valence-electron chi connectivity index (χ0n) is 23.7. The van der Waals surface area contributed by atoms with Crippen LogP contribution in [0.5, 0.6) is 0 Å². The van der Waals surface area contributed by atoms with Crippen LogP contribution in [0.15, 0.2) is 42.6 Å². The molecule has 0 saturated carbocycles. The molecule has 2 amide bonds. The predicted molar refractivity (Wildman–Crippen MR) is 160 cm³/mol. The summed E-state index contributed by atoms with van der Waals surface area (Å²) in [4.78, 5) is 43.0. The number of carbonyl (C=O) groups is 2. The number of halogens is 3. The minimum atomic E-state index is -0.741. The quantitative estimate of drug-likeness (QED) is 0.418. The Morgan fingerprint density at radius 2 is 1.71 bits per heavy atom. The van der Waals surface area contributed by atoms with E-state index in [-0.39, 0.29) is 28.5 Å². The molecule has 13 heteroatoms. The number of nitrogens with zero attached hydrogens (tertiary/aromatic N) is 6. The molecule has 3 heterocycles. The Hall–Kier alpha value is -4.03. The van der Waals surface area contributed by atoms with Crippen LogP contribution in [0.25, 0.3) is 0 Å². The van der Waals surface area contributed by atoms with E-state index in [1.807, 2.05) is 12.1 Å². The molecule has 0 radical (unpaired) electrons. The number of likely N-dealkylation sites (N-methyl/N-ethyl adjacent to an activating group) is 1. The molecule has 2 N–H and O–H groups in total. The maximum absolute atomic E-state index is 13.7. The number of carbonyl (C=O) groups excluding carboxylic acids is 2. The van der Waals surface area contributed by atoms with Crippen molar-refractivity contribution in [3.63, 3.8) is 0 Å². The number of piperazine rings is 1. The summed E-state index contributed by atoms with van der Waals surface area (Å²) in [6.45, 7) is 3.92. The summed E-state index contributed by atoms with van der Waals surface area (Å²) in [5, 5.41) is 6.01. The normalized spacial score (nSPS) is 17.3. The number of nitrogens with one attached hydrogen (secondary N) is 2. The molecule has 0 spiro atoms. The molecule has 2 fully saturated rings. The van der Waals surface area contributed by atoms with Gasteiger partial charge in [0.25, 0.3) is 5.91 Å². The molecule has 2 aliphatic heterocycles. The van der Waals surface area contributed by atoms with Crippen molar-refractivity contribution >= 4 is 52.2 Å². The molecule has 2 aromatic carbocycles. The Kier molecular flexibility index (Phi) is 8.74. The third-order valence-electron chi connectivity index (χ3n) is 7.42. The fourth-order valence-electron chi connectivity index (χ4n) is 5.24. The predicted octanol–water partition coefficient (Wildman–Crippen LogP) is 4.21. The van der Waals surface area contributed by atoms with Crippen molar-refractivity contribution in [3.8, 4) is 0 Å². The SMILES string of the molecule is CN1CCN(c2ccc(NC(=O)[C@@H]3CCCN3c3nc(Nc4cc(F)cc(F)c4)ncc3Cl)cc2C(=O)N(C)C)CC1. The molecule has 10 nitrogen and oxygen atoms in total. The summed E-state index contributed by atoms with van der Waals surface area (Å²) in [7, 11) is 5.49. The summed E-state index contributed by atoms with van der Waals surface area (Å²) in [5.41, 5.74) is 2.01. The van der Waals surface area contributed by atoms with E-state index in [0.29, 0.717) is 30.0 Å². The highest BCUT2D eigenvalue weighted by Gasteiger charge is 2.33. The van der Waals surface area contributed by atoms with Gasteiger partial charge in [0.2, 0.25) is 11.9 Å². The average molecular weight is 599 g/mol. The average Bonchev–Trinajstić information content (AvgIpc) is 3.44. The summed E-state index contributed by atoms with van der Waals surface area (Å²) in [5.74, 6) is -1.48. The monoisotopic (exact) mass is 598 g/mol. The number of hydrogen-bond acceptors (Lipinski definition) is 8. The van der Waals surface area contributed by atoms with Crippen molar-refractivity contribution in [1.29, 1.82) is 0 Å². The molecule has 1 aromatic heterocycles. The summed E-state index contributed by atoms with van der Waals surface area (Å²) < 4.78 is 27.3. The first-order valence-electron chi connectivity index (χ1n) is 13.7.